The van der Waals surface area contributed by atoms with Crippen molar-refractivity contribution in [1.82, 2.24) is 4.90 Å². The molecule has 27 heavy (non-hydrogen) atoms. The van der Waals surface area contributed by atoms with Gasteiger partial charge in [-0.25, -0.2) is 0 Å². The van der Waals surface area contributed by atoms with E-state index in [1.165, 1.54) is 0 Å². The molecule has 0 aromatic heterocycles. The first-order valence-electron chi connectivity index (χ1n) is 8.25. The smallest absolute Gasteiger partial charge is 0.293 e. The summed E-state index contributed by atoms with van der Waals surface area (Å²) in [5, 5.41) is 0.0380. The Bertz CT molecular complexity index is 924. The molecule has 0 atom stereocenters. The molecule has 5 nitrogen and oxygen atoms in total. The van der Waals surface area contributed by atoms with Crippen LogP contribution in [-0.2, 0) is 4.79 Å². The summed E-state index contributed by atoms with van der Waals surface area (Å²) < 4.78 is 5.54. The minimum atomic E-state index is -0.487. The largest absolute Gasteiger partial charge is 0.493 e. The lowest BCUT2D eigenvalue weighted by atomic mass is 10.1. The van der Waals surface area contributed by atoms with Crippen molar-refractivity contribution in [3.63, 3.8) is 0 Å². The fraction of sp³-hybridized carbons (Fsp3) is 0.150. The van der Waals surface area contributed by atoms with Crippen LogP contribution in [0, 0.1) is 0 Å². The molecule has 0 radical (unpaired) electrons. The second-order valence-corrected chi connectivity index (χ2v) is 7.10. The average Bonchev–Trinajstić information content (AvgIpc) is 2.91. The van der Waals surface area contributed by atoms with Crippen molar-refractivity contribution in [2.24, 2.45) is 0 Å². The van der Waals surface area contributed by atoms with Crippen LogP contribution in [0.4, 0.5) is 4.79 Å². The Kier molecular flexibility index (Phi) is 5.98. The van der Waals surface area contributed by atoms with Crippen molar-refractivity contribution < 1.29 is 19.1 Å². The van der Waals surface area contributed by atoms with Gasteiger partial charge in [-0.3, -0.25) is 19.3 Å². The summed E-state index contributed by atoms with van der Waals surface area (Å²) in [7, 11) is 0. The summed E-state index contributed by atoms with van der Waals surface area (Å²) in [6, 6.07) is 13.6. The molecular weight excluding hydrogens is 386 g/mol. The van der Waals surface area contributed by atoms with E-state index in [0.29, 0.717) is 28.5 Å². The molecule has 2 aromatic carbocycles. The number of carbonyl (C=O) groups is 3. The number of nitrogens with zero attached hydrogens (tertiary/aromatic N) is 1. The molecule has 7 heteroatoms. The summed E-state index contributed by atoms with van der Waals surface area (Å²) in [5.74, 6) is -0.187. The maximum absolute atomic E-state index is 12.6. The number of halogens is 1. The number of ketones is 1. The van der Waals surface area contributed by atoms with E-state index >= 15 is 0 Å². The van der Waals surface area contributed by atoms with Crippen molar-refractivity contribution in [3.8, 4) is 5.75 Å². The first kappa shape index (κ1) is 19.2. The van der Waals surface area contributed by atoms with E-state index < -0.39 is 11.1 Å². The van der Waals surface area contributed by atoms with Gasteiger partial charge in [-0.15, -0.1) is 0 Å². The number of thioether (sulfide) groups is 1. The third kappa shape index (κ3) is 4.40. The third-order valence-electron chi connectivity index (χ3n) is 3.85. The minimum absolute atomic E-state index is 0.260. The van der Waals surface area contributed by atoms with E-state index in [1.54, 1.807) is 42.5 Å². The maximum Gasteiger partial charge on any atom is 0.293 e. The van der Waals surface area contributed by atoms with Crippen molar-refractivity contribution in [2.75, 3.05) is 13.2 Å². The van der Waals surface area contributed by atoms with Gasteiger partial charge in [0.1, 0.15) is 5.75 Å². The van der Waals surface area contributed by atoms with Gasteiger partial charge in [0, 0.05) is 16.1 Å². The monoisotopic (exact) mass is 401 g/mol. The van der Waals surface area contributed by atoms with Crippen molar-refractivity contribution >= 4 is 46.4 Å². The average molecular weight is 402 g/mol. The Labute approximate surface area is 165 Å². The van der Waals surface area contributed by atoms with Gasteiger partial charge in [-0.1, -0.05) is 29.8 Å². The highest BCUT2D eigenvalue weighted by atomic mass is 35.5. The predicted molar refractivity (Wildman–Crippen MR) is 106 cm³/mol. The number of carbonyl (C=O) groups excluding carboxylic acids is 3. The number of ether oxygens (including phenoxy) is 1. The Hall–Kier alpha value is -2.57. The van der Waals surface area contributed by atoms with E-state index in [1.807, 2.05) is 19.1 Å². The highest BCUT2D eigenvalue weighted by Gasteiger charge is 2.36. The summed E-state index contributed by atoms with van der Waals surface area (Å²) in [6.07, 6.45) is 1.61. The molecule has 1 aliphatic rings. The van der Waals surface area contributed by atoms with Crippen LogP contribution in [0.2, 0.25) is 5.02 Å². The van der Waals surface area contributed by atoms with Gasteiger partial charge >= 0.3 is 0 Å². The zero-order valence-corrected chi connectivity index (χ0v) is 16.0. The molecule has 138 valence electrons. The second kappa shape index (κ2) is 8.41. The highest BCUT2D eigenvalue weighted by molar-refractivity contribution is 8.18. The van der Waals surface area contributed by atoms with Crippen LogP contribution in [-0.4, -0.2) is 35.0 Å². The van der Waals surface area contributed by atoms with E-state index in [9.17, 15) is 14.4 Å². The zero-order valence-electron chi connectivity index (χ0n) is 14.5. The first-order valence-corrected chi connectivity index (χ1v) is 9.45. The fourth-order valence-corrected chi connectivity index (χ4v) is 3.49. The van der Waals surface area contributed by atoms with Gasteiger partial charge in [-0.2, -0.15) is 0 Å². The number of para-hydroxylation sites is 1. The molecule has 1 saturated heterocycles. The molecule has 0 spiro atoms. The molecule has 1 aliphatic heterocycles. The van der Waals surface area contributed by atoms with Gasteiger partial charge in [0.25, 0.3) is 11.1 Å². The number of benzene rings is 2. The number of imide groups is 1. The highest BCUT2D eigenvalue weighted by Crippen LogP contribution is 2.34. The summed E-state index contributed by atoms with van der Waals surface area (Å²) in [4.78, 5) is 38.4. The Morgan fingerprint density at radius 2 is 1.85 bits per heavy atom. The zero-order chi connectivity index (χ0) is 19.4. The van der Waals surface area contributed by atoms with Crippen LogP contribution in [0.5, 0.6) is 5.75 Å². The normalized spacial score (nSPS) is 15.5. The molecule has 0 saturated carbocycles. The quantitative estimate of drug-likeness (QED) is 0.520. The predicted octanol–water partition coefficient (Wildman–Crippen LogP) is 4.66. The number of hydrogen-bond donors (Lipinski definition) is 0. The van der Waals surface area contributed by atoms with E-state index in [2.05, 4.69) is 0 Å². The lowest BCUT2D eigenvalue weighted by molar-refractivity contribution is -0.122. The van der Waals surface area contributed by atoms with Crippen LogP contribution < -0.4 is 4.74 Å². The number of Topliss-reactive ketones (excluding diaryl/α,β-unsaturated/α-hetero) is 1. The minimum Gasteiger partial charge on any atom is -0.493 e. The van der Waals surface area contributed by atoms with Crippen molar-refractivity contribution in [2.45, 2.75) is 6.92 Å². The molecule has 1 heterocycles. The standard InChI is InChI=1S/C20H16ClNO4S/c1-2-26-17-6-4-3-5-14(17)11-18-19(24)22(20(25)27-18)12-16(23)13-7-9-15(21)10-8-13/h3-11H,2,12H2,1H3. The molecule has 0 bridgehead atoms. The van der Waals surface area contributed by atoms with E-state index in [4.69, 9.17) is 16.3 Å². The number of hydrogen-bond acceptors (Lipinski definition) is 5. The van der Waals surface area contributed by atoms with E-state index in [-0.39, 0.29) is 17.2 Å². The molecule has 2 amide bonds. The Morgan fingerprint density at radius 3 is 2.56 bits per heavy atom. The van der Waals surface area contributed by atoms with Crippen molar-refractivity contribution in [1.29, 1.82) is 0 Å². The third-order valence-corrected chi connectivity index (χ3v) is 5.01. The molecule has 2 aromatic rings. The second-order valence-electron chi connectivity index (χ2n) is 5.67. The van der Waals surface area contributed by atoms with Gasteiger partial charge in [0.05, 0.1) is 18.1 Å². The SMILES string of the molecule is CCOc1ccccc1C=C1SC(=O)N(CC(=O)c2ccc(Cl)cc2)C1=O. The maximum atomic E-state index is 12.6. The molecule has 0 aliphatic carbocycles. The van der Waals surface area contributed by atoms with Gasteiger partial charge in [0.15, 0.2) is 5.78 Å². The van der Waals surface area contributed by atoms with Gasteiger partial charge in [0.2, 0.25) is 0 Å². The Balaban J connectivity index is 1.79. The summed E-state index contributed by atoms with van der Waals surface area (Å²) in [6.45, 7) is 2.05. The molecule has 0 unspecified atom stereocenters. The lowest BCUT2D eigenvalue weighted by Crippen LogP contribution is -2.33. The van der Waals surface area contributed by atoms with Crippen LogP contribution >= 0.6 is 23.4 Å². The molecular formula is C20H16ClNO4S. The number of rotatable bonds is 6. The van der Waals surface area contributed by atoms with Crippen LogP contribution in [0.3, 0.4) is 0 Å². The molecule has 0 N–H and O–H groups in total. The first-order chi connectivity index (χ1) is 13.0. The molecule has 3 rings (SSSR count). The Morgan fingerprint density at radius 1 is 1.15 bits per heavy atom. The van der Waals surface area contributed by atoms with Crippen LogP contribution in [0.15, 0.2) is 53.4 Å². The van der Waals surface area contributed by atoms with E-state index in [0.717, 1.165) is 16.7 Å². The van der Waals surface area contributed by atoms with Gasteiger partial charge < -0.3 is 4.74 Å². The number of amides is 2. The fourth-order valence-electron chi connectivity index (χ4n) is 2.53. The molecule has 1 fully saturated rings. The van der Waals surface area contributed by atoms with Crippen LogP contribution in [0.1, 0.15) is 22.8 Å². The lowest BCUT2D eigenvalue weighted by Gasteiger charge is -2.11. The summed E-state index contributed by atoms with van der Waals surface area (Å²) >= 11 is 6.63. The summed E-state index contributed by atoms with van der Waals surface area (Å²) in [5.41, 5.74) is 1.10. The van der Waals surface area contributed by atoms with Gasteiger partial charge in [-0.05, 0) is 55.1 Å². The topological polar surface area (TPSA) is 63.7 Å². The van der Waals surface area contributed by atoms with Crippen molar-refractivity contribution in [3.05, 3.63) is 69.6 Å². The van der Waals surface area contributed by atoms with Crippen LogP contribution in [0.25, 0.3) is 6.08 Å².